The average molecular weight is 283 g/mol. The van der Waals surface area contributed by atoms with Gasteiger partial charge in [0.2, 0.25) is 11.8 Å². The van der Waals surface area contributed by atoms with E-state index in [1.807, 2.05) is 13.8 Å². The van der Waals surface area contributed by atoms with E-state index in [9.17, 15) is 9.59 Å². The van der Waals surface area contributed by atoms with Crippen LogP contribution in [-0.4, -0.2) is 32.0 Å². The van der Waals surface area contributed by atoms with Crippen molar-refractivity contribution in [2.24, 2.45) is 16.6 Å². The summed E-state index contributed by atoms with van der Waals surface area (Å²) in [4.78, 5) is 23.8. The van der Waals surface area contributed by atoms with Gasteiger partial charge < -0.3 is 16.4 Å². The van der Waals surface area contributed by atoms with Gasteiger partial charge in [0.05, 0.1) is 5.41 Å². The fourth-order valence-corrected chi connectivity index (χ4v) is 2.90. The van der Waals surface area contributed by atoms with Gasteiger partial charge in [-0.15, -0.1) is 0 Å². The molecule has 1 rings (SSSR count). The van der Waals surface area contributed by atoms with Gasteiger partial charge in [-0.1, -0.05) is 19.3 Å². The molecule has 0 radical (unpaired) electrons. The predicted molar refractivity (Wildman–Crippen MR) is 80.0 cm³/mol. The van der Waals surface area contributed by atoms with Crippen LogP contribution in [0.2, 0.25) is 0 Å². The summed E-state index contributed by atoms with van der Waals surface area (Å²) in [7, 11) is 1.61. The molecule has 0 bridgehead atoms. The second-order valence-corrected chi connectivity index (χ2v) is 6.68. The van der Waals surface area contributed by atoms with E-state index in [0.717, 1.165) is 25.7 Å². The highest BCUT2D eigenvalue weighted by atomic mass is 16.2. The quantitative estimate of drug-likeness (QED) is 0.684. The summed E-state index contributed by atoms with van der Waals surface area (Å²) >= 11 is 0. The molecule has 5 heteroatoms. The molecule has 1 aliphatic carbocycles. The molecule has 20 heavy (non-hydrogen) atoms. The number of amides is 2. The summed E-state index contributed by atoms with van der Waals surface area (Å²) in [5.41, 5.74) is 5.28. The van der Waals surface area contributed by atoms with Crippen molar-refractivity contribution in [2.75, 3.05) is 20.1 Å². The summed E-state index contributed by atoms with van der Waals surface area (Å²) in [6, 6.07) is 0. The Kier molecular flexibility index (Phi) is 5.99. The molecule has 4 N–H and O–H groups in total. The maximum Gasteiger partial charge on any atom is 0.227 e. The molecule has 0 atom stereocenters. The normalized spacial score (nSPS) is 18.4. The molecule has 1 aliphatic rings. The van der Waals surface area contributed by atoms with Crippen LogP contribution in [0.4, 0.5) is 0 Å². The Morgan fingerprint density at radius 1 is 1.20 bits per heavy atom. The number of rotatable bonds is 6. The van der Waals surface area contributed by atoms with Gasteiger partial charge in [0.1, 0.15) is 0 Å². The lowest BCUT2D eigenvalue weighted by Gasteiger charge is -2.36. The smallest absolute Gasteiger partial charge is 0.227 e. The van der Waals surface area contributed by atoms with Crippen LogP contribution >= 0.6 is 0 Å². The van der Waals surface area contributed by atoms with Gasteiger partial charge in [0, 0.05) is 20.0 Å². The van der Waals surface area contributed by atoms with Crippen LogP contribution in [0.15, 0.2) is 0 Å². The molecule has 0 aromatic carbocycles. The van der Waals surface area contributed by atoms with E-state index in [1.54, 1.807) is 7.05 Å². The van der Waals surface area contributed by atoms with E-state index in [1.165, 1.54) is 6.42 Å². The molecule has 0 aliphatic heterocycles. The standard InChI is InChI=1S/C15H29N3O2/c1-14(2,13(20)17-3)11-18-12(19)9-15(10-16)7-5-4-6-8-15/h4-11,16H2,1-3H3,(H,17,20)(H,18,19). The molecule has 0 heterocycles. The number of hydrogen-bond acceptors (Lipinski definition) is 3. The van der Waals surface area contributed by atoms with E-state index < -0.39 is 5.41 Å². The summed E-state index contributed by atoms with van der Waals surface area (Å²) < 4.78 is 0. The van der Waals surface area contributed by atoms with E-state index in [0.29, 0.717) is 19.5 Å². The molecular formula is C15H29N3O2. The van der Waals surface area contributed by atoms with Crippen molar-refractivity contribution in [1.82, 2.24) is 10.6 Å². The Morgan fingerprint density at radius 3 is 2.30 bits per heavy atom. The molecule has 5 nitrogen and oxygen atoms in total. The molecule has 1 saturated carbocycles. The Bertz CT molecular complexity index is 347. The van der Waals surface area contributed by atoms with Crippen molar-refractivity contribution >= 4 is 11.8 Å². The third kappa shape index (κ3) is 4.47. The first-order valence-electron chi connectivity index (χ1n) is 7.54. The number of nitrogens with two attached hydrogens (primary N) is 1. The Balaban J connectivity index is 2.48. The van der Waals surface area contributed by atoms with Crippen molar-refractivity contribution in [2.45, 2.75) is 52.4 Å². The Morgan fingerprint density at radius 2 is 1.80 bits per heavy atom. The second kappa shape index (κ2) is 7.07. The lowest BCUT2D eigenvalue weighted by Crippen LogP contribution is -2.45. The van der Waals surface area contributed by atoms with Crippen molar-refractivity contribution in [3.63, 3.8) is 0 Å². The van der Waals surface area contributed by atoms with E-state index >= 15 is 0 Å². The lowest BCUT2D eigenvalue weighted by molar-refractivity contribution is -0.129. The highest BCUT2D eigenvalue weighted by Gasteiger charge is 2.34. The minimum atomic E-state index is -0.590. The van der Waals surface area contributed by atoms with Crippen LogP contribution in [0.1, 0.15) is 52.4 Å². The minimum absolute atomic E-state index is 0.00864. The van der Waals surface area contributed by atoms with Crippen molar-refractivity contribution in [1.29, 1.82) is 0 Å². The molecule has 1 fully saturated rings. The Hall–Kier alpha value is -1.10. The fraction of sp³-hybridized carbons (Fsp3) is 0.867. The summed E-state index contributed by atoms with van der Waals surface area (Å²) in [5, 5.41) is 5.51. The predicted octanol–water partition coefficient (Wildman–Crippen LogP) is 1.17. The second-order valence-electron chi connectivity index (χ2n) is 6.68. The SMILES string of the molecule is CNC(=O)C(C)(C)CNC(=O)CC1(CN)CCCCC1. The molecule has 0 aromatic heterocycles. The van der Waals surface area contributed by atoms with E-state index in [4.69, 9.17) is 5.73 Å². The highest BCUT2D eigenvalue weighted by molar-refractivity contribution is 5.83. The van der Waals surface area contributed by atoms with Crippen LogP contribution in [0.3, 0.4) is 0 Å². The van der Waals surface area contributed by atoms with Crippen molar-refractivity contribution < 1.29 is 9.59 Å². The van der Waals surface area contributed by atoms with Gasteiger partial charge in [0.25, 0.3) is 0 Å². The van der Waals surface area contributed by atoms with Crippen LogP contribution in [0.5, 0.6) is 0 Å². The average Bonchev–Trinajstić information content (AvgIpc) is 2.45. The van der Waals surface area contributed by atoms with Gasteiger partial charge in [-0.3, -0.25) is 9.59 Å². The molecule has 116 valence electrons. The highest BCUT2D eigenvalue weighted by Crippen LogP contribution is 2.38. The molecule has 0 aromatic rings. The third-order valence-electron chi connectivity index (χ3n) is 4.45. The van der Waals surface area contributed by atoms with Crippen LogP contribution < -0.4 is 16.4 Å². The van der Waals surface area contributed by atoms with E-state index in [2.05, 4.69) is 10.6 Å². The monoisotopic (exact) mass is 283 g/mol. The number of carbonyl (C=O) groups excluding carboxylic acids is 2. The lowest BCUT2D eigenvalue weighted by atomic mass is 9.71. The first-order valence-corrected chi connectivity index (χ1v) is 7.54. The van der Waals surface area contributed by atoms with Gasteiger partial charge in [-0.05, 0) is 38.6 Å². The zero-order valence-electron chi connectivity index (χ0n) is 13.1. The van der Waals surface area contributed by atoms with Crippen LogP contribution in [0.25, 0.3) is 0 Å². The van der Waals surface area contributed by atoms with Crippen molar-refractivity contribution in [3.8, 4) is 0 Å². The summed E-state index contributed by atoms with van der Waals surface area (Å²) in [6.45, 7) is 4.57. The third-order valence-corrected chi connectivity index (χ3v) is 4.45. The number of hydrogen-bond donors (Lipinski definition) is 3. The van der Waals surface area contributed by atoms with E-state index in [-0.39, 0.29) is 17.2 Å². The van der Waals surface area contributed by atoms with Gasteiger partial charge in [-0.25, -0.2) is 0 Å². The first kappa shape index (κ1) is 17.0. The van der Waals surface area contributed by atoms with Crippen LogP contribution in [0, 0.1) is 10.8 Å². The topological polar surface area (TPSA) is 84.2 Å². The summed E-state index contributed by atoms with van der Waals surface area (Å²) in [5.74, 6) is -0.0571. The maximum absolute atomic E-state index is 12.1. The molecule has 0 saturated heterocycles. The number of nitrogens with one attached hydrogen (secondary N) is 2. The van der Waals surface area contributed by atoms with Gasteiger partial charge in [0.15, 0.2) is 0 Å². The fourth-order valence-electron chi connectivity index (χ4n) is 2.90. The zero-order valence-corrected chi connectivity index (χ0v) is 13.1. The van der Waals surface area contributed by atoms with Crippen molar-refractivity contribution in [3.05, 3.63) is 0 Å². The number of carbonyl (C=O) groups is 2. The molecular weight excluding hydrogens is 254 g/mol. The maximum atomic E-state index is 12.1. The summed E-state index contributed by atoms with van der Waals surface area (Å²) in [6.07, 6.45) is 6.12. The molecule has 0 unspecified atom stereocenters. The first-order chi connectivity index (χ1) is 9.35. The van der Waals surface area contributed by atoms with Gasteiger partial charge >= 0.3 is 0 Å². The molecule has 0 spiro atoms. The molecule has 2 amide bonds. The van der Waals surface area contributed by atoms with Crippen LogP contribution in [-0.2, 0) is 9.59 Å². The van der Waals surface area contributed by atoms with Gasteiger partial charge in [-0.2, -0.15) is 0 Å². The zero-order chi connectivity index (χ0) is 15.2. The minimum Gasteiger partial charge on any atom is -0.359 e. The Labute approximate surface area is 122 Å². The largest absolute Gasteiger partial charge is 0.359 e.